The molecule has 0 saturated heterocycles. The van der Waals surface area contributed by atoms with E-state index in [2.05, 4.69) is 15.3 Å². The van der Waals surface area contributed by atoms with Gasteiger partial charge in [0.25, 0.3) is 5.91 Å². The van der Waals surface area contributed by atoms with E-state index in [9.17, 15) is 23.1 Å². The number of halogens is 3. The van der Waals surface area contributed by atoms with Gasteiger partial charge in [-0.1, -0.05) is 42.0 Å². The van der Waals surface area contributed by atoms with Crippen LogP contribution in [0.2, 0.25) is 0 Å². The molecule has 1 amide bonds. The van der Waals surface area contributed by atoms with Crippen LogP contribution >= 0.6 is 0 Å². The summed E-state index contributed by atoms with van der Waals surface area (Å²) in [6, 6.07) is 14.1. The minimum atomic E-state index is -4.99. The Kier molecular flexibility index (Phi) is 6.49. The number of oxazole rings is 1. The first-order valence-electron chi connectivity index (χ1n) is 10.8. The maximum absolute atomic E-state index is 13.7. The fourth-order valence-electron chi connectivity index (χ4n) is 3.71. The SMILES string of the molecule is Cc1ccc(-c2cnc(-c3ccccc3C(=O)NCCC(O)(c3nccn3C)C(F)(F)F)o2)cc1. The summed E-state index contributed by atoms with van der Waals surface area (Å²) in [6.45, 7) is 1.52. The van der Waals surface area contributed by atoms with Crippen molar-refractivity contribution in [1.29, 1.82) is 0 Å². The van der Waals surface area contributed by atoms with Crippen LogP contribution in [-0.4, -0.2) is 38.3 Å². The number of benzene rings is 2. The second kappa shape index (κ2) is 9.38. The van der Waals surface area contributed by atoms with Gasteiger partial charge in [0.15, 0.2) is 5.76 Å². The number of hydrogen-bond acceptors (Lipinski definition) is 5. The highest BCUT2D eigenvalue weighted by Crippen LogP contribution is 2.40. The molecule has 182 valence electrons. The zero-order valence-electron chi connectivity index (χ0n) is 19.0. The molecule has 0 radical (unpaired) electrons. The van der Waals surface area contributed by atoms with E-state index in [4.69, 9.17) is 4.42 Å². The first-order chi connectivity index (χ1) is 16.6. The molecule has 1 atom stereocenters. The van der Waals surface area contributed by atoms with Gasteiger partial charge in [-0.2, -0.15) is 13.2 Å². The van der Waals surface area contributed by atoms with Crippen LogP contribution in [0.5, 0.6) is 0 Å². The van der Waals surface area contributed by atoms with E-state index in [1.807, 2.05) is 31.2 Å². The quantitative estimate of drug-likeness (QED) is 0.399. The number of aromatic nitrogens is 3. The summed E-state index contributed by atoms with van der Waals surface area (Å²) >= 11 is 0. The highest BCUT2D eigenvalue weighted by Gasteiger charge is 2.57. The first-order valence-corrected chi connectivity index (χ1v) is 10.8. The van der Waals surface area contributed by atoms with Crippen LogP contribution in [-0.2, 0) is 12.6 Å². The van der Waals surface area contributed by atoms with Crippen molar-refractivity contribution in [2.24, 2.45) is 7.05 Å². The summed E-state index contributed by atoms with van der Waals surface area (Å²) in [5.41, 5.74) is -0.743. The number of amides is 1. The fourth-order valence-corrected chi connectivity index (χ4v) is 3.71. The zero-order valence-corrected chi connectivity index (χ0v) is 19.0. The number of rotatable bonds is 7. The molecule has 10 heteroatoms. The monoisotopic (exact) mass is 484 g/mol. The third-order valence-corrected chi connectivity index (χ3v) is 5.68. The van der Waals surface area contributed by atoms with Crippen molar-refractivity contribution in [3.63, 3.8) is 0 Å². The van der Waals surface area contributed by atoms with E-state index in [1.165, 1.54) is 25.5 Å². The van der Waals surface area contributed by atoms with Crippen LogP contribution in [0.3, 0.4) is 0 Å². The Morgan fingerprint density at radius 1 is 1.11 bits per heavy atom. The molecule has 0 aliphatic rings. The van der Waals surface area contributed by atoms with Crippen LogP contribution < -0.4 is 5.32 Å². The molecule has 0 aliphatic carbocycles. The molecule has 0 fully saturated rings. The Morgan fingerprint density at radius 2 is 1.83 bits per heavy atom. The average Bonchev–Trinajstić information content (AvgIpc) is 3.48. The predicted molar refractivity (Wildman–Crippen MR) is 122 cm³/mol. The number of alkyl halides is 3. The lowest BCUT2D eigenvalue weighted by molar-refractivity contribution is -0.272. The summed E-state index contributed by atoms with van der Waals surface area (Å²) in [4.78, 5) is 20.8. The van der Waals surface area contributed by atoms with E-state index in [1.54, 1.807) is 24.4 Å². The molecule has 1 unspecified atom stereocenters. The van der Waals surface area contributed by atoms with Crippen molar-refractivity contribution >= 4 is 5.91 Å². The van der Waals surface area contributed by atoms with Crippen molar-refractivity contribution < 1.29 is 27.5 Å². The van der Waals surface area contributed by atoms with Gasteiger partial charge in [-0.3, -0.25) is 4.79 Å². The number of nitrogens with one attached hydrogen (secondary N) is 1. The van der Waals surface area contributed by atoms with Crippen LogP contribution in [0.15, 0.2) is 71.5 Å². The fraction of sp³-hybridized carbons (Fsp3) is 0.240. The standard InChI is InChI=1S/C25H23F3N4O3/c1-16-7-9-17(10-8-16)20-15-31-22(35-20)19-6-4-3-5-18(19)21(33)29-12-11-24(34,25(26,27)28)23-30-13-14-32(23)2/h3-10,13-15,34H,11-12H2,1-2H3,(H,29,33). The van der Waals surface area contributed by atoms with E-state index in [0.717, 1.165) is 15.7 Å². The van der Waals surface area contributed by atoms with Crippen LogP contribution in [0.25, 0.3) is 22.8 Å². The van der Waals surface area contributed by atoms with E-state index >= 15 is 0 Å². The van der Waals surface area contributed by atoms with Gasteiger partial charge >= 0.3 is 6.18 Å². The molecule has 2 N–H and O–H groups in total. The van der Waals surface area contributed by atoms with Gasteiger partial charge in [-0.25, -0.2) is 9.97 Å². The summed E-state index contributed by atoms with van der Waals surface area (Å²) in [5, 5.41) is 12.9. The van der Waals surface area contributed by atoms with E-state index in [0.29, 0.717) is 11.3 Å². The molecular weight excluding hydrogens is 461 g/mol. The highest BCUT2D eigenvalue weighted by molar-refractivity contribution is 6.00. The lowest BCUT2D eigenvalue weighted by Gasteiger charge is -2.30. The molecule has 0 aliphatic heterocycles. The smallest absolute Gasteiger partial charge is 0.424 e. The molecule has 2 heterocycles. The van der Waals surface area contributed by atoms with E-state index in [-0.39, 0.29) is 11.5 Å². The van der Waals surface area contributed by atoms with Crippen LogP contribution in [0, 0.1) is 6.92 Å². The normalized spacial score (nSPS) is 13.4. The second-order valence-electron chi connectivity index (χ2n) is 8.17. The molecule has 4 aromatic rings. The number of aryl methyl sites for hydroxylation is 2. The maximum Gasteiger partial charge on any atom is 0.424 e. The molecule has 4 rings (SSSR count). The molecular formula is C25H23F3N4O3. The van der Waals surface area contributed by atoms with Crippen molar-refractivity contribution in [3.05, 3.63) is 84.1 Å². The molecule has 0 saturated carbocycles. The number of carbonyl (C=O) groups excluding carboxylic acids is 1. The van der Waals surface area contributed by atoms with Gasteiger partial charge in [0.05, 0.1) is 11.8 Å². The van der Waals surface area contributed by atoms with E-state index < -0.39 is 36.5 Å². The van der Waals surface area contributed by atoms with Gasteiger partial charge in [0.2, 0.25) is 11.5 Å². The maximum atomic E-state index is 13.7. The summed E-state index contributed by atoms with van der Waals surface area (Å²) in [5.74, 6) is -0.463. The first kappa shape index (κ1) is 24.2. The van der Waals surface area contributed by atoms with Crippen molar-refractivity contribution in [2.75, 3.05) is 6.54 Å². The topological polar surface area (TPSA) is 93.2 Å². The van der Waals surface area contributed by atoms with Crippen LogP contribution in [0.1, 0.15) is 28.2 Å². The summed E-state index contributed by atoms with van der Waals surface area (Å²) < 4.78 is 48.1. The molecule has 7 nitrogen and oxygen atoms in total. The number of nitrogens with zero attached hydrogens (tertiary/aromatic N) is 3. The minimum Gasteiger partial charge on any atom is -0.436 e. The van der Waals surface area contributed by atoms with Gasteiger partial charge in [-0.15, -0.1) is 0 Å². The number of aliphatic hydroxyl groups is 1. The largest absolute Gasteiger partial charge is 0.436 e. The molecule has 35 heavy (non-hydrogen) atoms. The molecule has 2 aromatic carbocycles. The second-order valence-corrected chi connectivity index (χ2v) is 8.17. The number of imidazole rings is 1. The lowest BCUT2D eigenvalue weighted by atomic mass is 9.97. The molecule has 2 aromatic heterocycles. The summed E-state index contributed by atoms with van der Waals surface area (Å²) in [6.07, 6.45) is -1.78. The zero-order chi connectivity index (χ0) is 25.2. The third kappa shape index (κ3) is 4.83. The Morgan fingerprint density at radius 3 is 2.49 bits per heavy atom. The lowest BCUT2D eigenvalue weighted by Crippen LogP contribution is -2.46. The van der Waals surface area contributed by atoms with Gasteiger partial charge in [-0.05, 0) is 19.1 Å². The summed E-state index contributed by atoms with van der Waals surface area (Å²) in [7, 11) is 1.36. The van der Waals surface area contributed by atoms with Gasteiger partial charge in [0.1, 0.15) is 5.82 Å². The molecule has 0 spiro atoms. The number of carbonyl (C=O) groups is 1. The average molecular weight is 484 g/mol. The van der Waals surface area contributed by atoms with Crippen molar-refractivity contribution in [3.8, 4) is 22.8 Å². The number of hydrogen-bond donors (Lipinski definition) is 2. The highest BCUT2D eigenvalue weighted by atomic mass is 19.4. The molecule has 0 bridgehead atoms. The van der Waals surface area contributed by atoms with Gasteiger partial charge < -0.3 is 19.4 Å². The van der Waals surface area contributed by atoms with Gasteiger partial charge in [0, 0.05) is 43.5 Å². The Labute approximate surface area is 199 Å². The van der Waals surface area contributed by atoms with Crippen LogP contribution in [0.4, 0.5) is 13.2 Å². The third-order valence-electron chi connectivity index (χ3n) is 5.68. The van der Waals surface area contributed by atoms with Crippen molar-refractivity contribution in [1.82, 2.24) is 19.9 Å². The Hall–Kier alpha value is -3.92. The van der Waals surface area contributed by atoms with Crippen molar-refractivity contribution in [2.45, 2.75) is 25.1 Å². The minimum absolute atomic E-state index is 0.178. The Bertz CT molecular complexity index is 1330. The Balaban J connectivity index is 1.52. The predicted octanol–water partition coefficient (Wildman–Crippen LogP) is 4.62.